The number of methoxy groups -OCH3 is 1. The maximum Gasteiger partial charge on any atom is 0.247 e. The Bertz CT molecular complexity index is 1070. The molecule has 0 amide bonds. The van der Waals surface area contributed by atoms with Crippen LogP contribution in [0.3, 0.4) is 0 Å². The molecule has 8 nitrogen and oxygen atoms in total. The third-order valence-electron chi connectivity index (χ3n) is 3.49. The molecule has 1 heterocycles. The normalized spacial score (nSPS) is 11.1. The van der Waals surface area contributed by atoms with Crippen molar-refractivity contribution in [2.24, 2.45) is 0 Å². The smallest absolute Gasteiger partial charge is 0.247 e. The molecule has 1 aromatic heterocycles. The number of ether oxygens (including phenoxy) is 1. The predicted octanol–water partition coefficient (Wildman–Crippen LogP) is 2.10. The second-order valence-corrected chi connectivity index (χ2v) is 6.90. The van der Waals surface area contributed by atoms with Crippen LogP contribution in [-0.2, 0) is 16.6 Å². The summed E-state index contributed by atoms with van der Waals surface area (Å²) in [6.45, 7) is -0.195. The quantitative estimate of drug-likeness (QED) is 0.706. The Labute approximate surface area is 150 Å². The number of nitriles is 1. The monoisotopic (exact) mass is 370 g/mol. The molecule has 0 fully saturated rings. The Hall–Kier alpha value is -3.22. The highest BCUT2D eigenvalue weighted by molar-refractivity contribution is 7.89. The average molecular weight is 370 g/mol. The van der Waals surface area contributed by atoms with E-state index in [4.69, 9.17) is 14.4 Å². The fourth-order valence-corrected chi connectivity index (χ4v) is 3.36. The van der Waals surface area contributed by atoms with Gasteiger partial charge in [-0.1, -0.05) is 18.2 Å². The van der Waals surface area contributed by atoms with Gasteiger partial charge < -0.3 is 9.15 Å². The minimum Gasteiger partial charge on any atom is -0.497 e. The first-order valence-corrected chi connectivity index (χ1v) is 8.97. The van der Waals surface area contributed by atoms with E-state index in [2.05, 4.69) is 14.9 Å². The summed E-state index contributed by atoms with van der Waals surface area (Å²) in [5.41, 5.74) is 0.711. The molecular weight excluding hydrogens is 356 g/mol. The second-order valence-electron chi connectivity index (χ2n) is 5.17. The van der Waals surface area contributed by atoms with Crippen molar-refractivity contribution in [2.45, 2.75) is 11.4 Å². The largest absolute Gasteiger partial charge is 0.497 e. The number of sulfonamides is 1. The molecule has 0 saturated carbocycles. The van der Waals surface area contributed by atoms with Crippen LogP contribution in [0.1, 0.15) is 11.5 Å². The lowest BCUT2D eigenvalue weighted by atomic mass is 10.2. The minimum atomic E-state index is -3.89. The summed E-state index contributed by atoms with van der Waals surface area (Å²) >= 11 is 0. The SMILES string of the molecule is COc1cccc(-c2nnc(CNS(=O)(=O)c3ccccc3C#N)o2)c1. The molecule has 0 radical (unpaired) electrons. The van der Waals surface area contributed by atoms with Gasteiger partial charge in [0, 0.05) is 5.56 Å². The van der Waals surface area contributed by atoms with Gasteiger partial charge in [0.25, 0.3) is 0 Å². The van der Waals surface area contributed by atoms with E-state index in [-0.39, 0.29) is 28.8 Å². The van der Waals surface area contributed by atoms with Crippen molar-refractivity contribution in [1.82, 2.24) is 14.9 Å². The number of benzene rings is 2. The fourth-order valence-electron chi connectivity index (χ4n) is 2.23. The highest BCUT2D eigenvalue weighted by Crippen LogP contribution is 2.22. The van der Waals surface area contributed by atoms with Crippen LogP contribution in [-0.4, -0.2) is 25.7 Å². The van der Waals surface area contributed by atoms with Crippen LogP contribution in [0.15, 0.2) is 57.8 Å². The van der Waals surface area contributed by atoms with Gasteiger partial charge in [-0.25, -0.2) is 13.1 Å². The van der Waals surface area contributed by atoms with Gasteiger partial charge in [-0.15, -0.1) is 10.2 Å². The summed E-state index contributed by atoms with van der Waals surface area (Å²) in [6, 6.07) is 14.8. The van der Waals surface area contributed by atoms with E-state index < -0.39 is 10.0 Å². The summed E-state index contributed by atoms with van der Waals surface area (Å²) in [5, 5.41) is 16.8. The van der Waals surface area contributed by atoms with E-state index in [1.807, 2.05) is 6.07 Å². The van der Waals surface area contributed by atoms with E-state index >= 15 is 0 Å². The minimum absolute atomic E-state index is 0.0580. The zero-order valence-corrected chi connectivity index (χ0v) is 14.5. The van der Waals surface area contributed by atoms with Gasteiger partial charge in [0.1, 0.15) is 11.8 Å². The van der Waals surface area contributed by atoms with Gasteiger partial charge in [-0.3, -0.25) is 0 Å². The topological polar surface area (TPSA) is 118 Å². The summed E-state index contributed by atoms with van der Waals surface area (Å²) in [6.07, 6.45) is 0. The standard InChI is InChI=1S/C17H14N4O4S/c1-24-14-7-4-6-12(9-14)17-21-20-16(25-17)11-19-26(22,23)15-8-3-2-5-13(15)10-18/h2-9,19H,11H2,1H3. The van der Waals surface area contributed by atoms with Crippen molar-refractivity contribution in [3.63, 3.8) is 0 Å². The van der Waals surface area contributed by atoms with E-state index in [0.717, 1.165) is 0 Å². The predicted molar refractivity (Wildman–Crippen MR) is 91.5 cm³/mol. The van der Waals surface area contributed by atoms with Gasteiger partial charge in [-0.2, -0.15) is 5.26 Å². The van der Waals surface area contributed by atoms with Crippen LogP contribution in [0.2, 0.25) is 0 Å². The Kier molecular flexibility index (Phi) is 4.97. The van der Waals surface area contributed by atoms with Crippen molar-refractivity contribution in [3.8, 4) is 23.3 Å². The third-order valence-corrected chi connectivity index (χ3v) is 4.95. The zero-order chi connectivity index (χ0) is 18.6. The maximum absolute atomic E-state index is 12.4. The van der Waals surface area contributed by atoms with Gasteiger partial charge >= 0.3 is 0 Å². The summed E-state index contributed by atoms with van der Waals surface area (Å²) in [4.78, 5) is -0.102. The molecule has 0 spiro atoms. The summed E-state index contributed by atoms with van der Waals surface area (Å²) in [7, 11) is -2.34. The number of aromatic nitrogens is 2. The summed E-state index contributed by atoms with van der Waals surface area (Å²) in [5.74, 6) is 0.979. The van der Waals surface area contributed by atoms with Crippen LogP contribution in [0.5, 0.6) is 5.75 Å². The molecule has 0 saturated heterocycles. The Morgan fingerprint density at radius 2 is 2.00 bits per heavy atom. The first-order chi connectivity index (χ1) is 12.5. The molecule has 0 unspecified atom stereocenters. The lowest BCUT2D eigenvalue weighted by Crippen LogP contribution is -2.24. The van der Waals surface area contributed by atoms with E-state index in [9.17, 15) is 8.42 Å². The number of nitrogens with one attached hydrogen (secondary N) is 1. The highest BCUT2D eigenvalue weighted by Gasteiger charge is 2.19. The maximum atomic E-state index is 12.4. The van der Waals surface area contributed by atoms with Crippen molar-refractivity contribution >= 4 is 10.0 Å². The molecule has 0 atom stereocenters. The number of hydrogen-bond acceptors (Lipinski definition) is 7. The van der Waals surface area contributed by atoms with Crippen molar-refractivity contribution in [2.75, 3.05) is 7.11 Å². The molecule has 1 N–H and O–H groups in total. The molecule has 9 heteroatoms. The zero-order valence-electron chi connectivity index (χ0n) is 13.7. The van der Waals surface area contributed by atoms with Gasteiger partial charge in [-0.05, 0) is 30.3 Å². The first-order valence-electron chi connectivity index (χ1n) is 7.49. The van der Waals surface area contributed by atoms with E-state index in [0.29, 0.717) is 11.3 Å². The molecule has 0 bridgehead atoms. The Morgan fingerprint density at radius 1 is 1.19 bits per heavy atom. The first kappa shape index (κ1) is 17.6. The Morgan fingerprint density at radius 3 is 2.77 bits per heavy atom. The van der Waals surface area contributed by atoms with Crippen LogP contribution < -0.4 is 9.46 Å². The van der Waals surface area contributed by atoms with Crippen molar-refractivity contribution in [1.29, 1.82) is 5.26 Å². The van der Waals surface area contributed by atoms with Crippen LogP contribution >= 0.6 is 0 Å². The molecule has 132 valence electrons. The molecular formula is C17H14N4O4S. The number of nitrogens with zero attached hydrogens (tertiary/aromatic N) is 3. The van der Waals surface area contributed by atoms with E-state index in [1.54, 1.807) is 43.5 Å². The highest BCUT2D eigenvalue weighted by atomic mass is 32.2. The molecule has 3 aromatic rings. The molecule has 2 aromatic carbocycles. The van der Waals surface area contributed by atoms with E-state index in [1.165, 1.54) is 12.1 Å². The molecule has 26 heavy (non-hydrogen) atoms. The van der Waals surface area contributed by atoms with Gasteiger partial charge in [0.2, 0.25) is 21.8 Å². The third kappa shape index (κ3) is 3.72. The average Bonchev–Trinajstić information content (AvgIpc) is 3.15. The van der Waals surface area contributed by atoms with Crippen molar-refractivity contribution < 1.29 is 17.6 Å². The van der Waals surface area contributed by atoms with Crippen LogP contribution in [0, 0.1) is 11.3 Å². The molecule has 0 aliphatic heterocycles. The van der Waals surface area contributed by atoms with Crippen molar-refractivity contribution in [3.05, 3.63) is 60.0 Å². The number of hydrogen-bond donors (Lipinski definition) is 1. The molecule has 0 aliphatic carbocycles. The second kappa shape index (κ2) is 7.35. The molecule has 3 rings (SSSR count). The van der Waals surface area contributed by atoms with Gasteiger partial charge in [0.15, 0.2) is 0 Å². The van der Waals surface area contributed by atoms with Gasteiger partial charge in [0.05, 0.1) is 24.1 Å². The van der Waals surface area contributed by atoms with Crippen LogP contribution in [0.4, 0.5) is 0 Å². The Balaban J connectivity index is 1.76. The lowest BCUT2D eigenvalue weighted by molar-refractivity contribution is 0.414. The lowest BCUT2D eigenvalue weighted by Gasteiger charge is -2.06. The molecule has 0 aliphatic rings. The van der Waals surface area contributed by atoms with Crippen LogP contribution in [0.25, 0.3) is 11.5 Å². The fraction of sp³-hybridized carbons (Fsp3) is 0.118. The number of rotatable bonds is 6. The summed E-state index contributed by atoms with van der Waals surface area (Å²) < 4.78 is 37.7.